The molecule has 8 heteroatoms. The predicted molar refractivity (Wildman–Crippen MR) is 118 cm³/mol. The Labute approximate surface area is 182 Å². The van der Waals surface area contributed by atoms with Crippen molar-refractivity contribution in [3.8, 4) is 0 Å². The number of nitrogens with one attached hydrogen (secondary N) is 1. The average Bonchev–Trinajstić information content (AvgIpc) is 2.67. The lowest BCUT2D eigenvalue weighted by molar-refractivity contribution is -0.116. The van der Waals surface area contributed by atoms with Crippen LogP contribution in [0, 0.1) is 0 Å². The first-order valence-electron chi connectivity index (χ1n) is 9.19. The van der Waals surface area contributed by atoms with Crippen LogP contribution in [0.2, 0.25) is 0 Å². The number of carbonyl (C=O) groups excluding carboxylic acids is 1. The van der Waals surface area contributed by atoms with Crippen LogP contribution >= 0.6 is 31.9 Å². The number of nitrogens with zero attached hydrogens (tertiary/aromatic N) is 1. The molecule has 0 saturated heterocycles. The Morgan fingerprint density at radius 3 is 2.32 bits per heavy atom. The van der Waals surface area contributed by atoms with Crippen molar-refractivity contribution in [1.29, 1.82) is 0 Å². The van der Waals surface area contributed by atoms with E-state index >= 15 is 0 Å². The quantitative estimate of drug-likeness (QED) is 0.561. The second-order valence-corrected chi connectivity index (χ2v) is 10.6. The third kappa shape index (κ3) is 5.43. The topological polar surface area (TPSA) is 66.5 Å². The predicted octanol–water partition coefficient (Wildman–Crippen LogP) is 5.17. The Kier molecular flexibility index (Phi) is 7.31. The number of amides is 1. The van der Waals surface area contributed by atoms with Crippen LogP contribution in [0.5, 0.6) is 0 Å². The highest BCUT2D eigenvalue weighted by atomic mass is 79.9. The first-order chi connectivity index (χ1) is 13.4. The molecular formula is C20H22Br2N2O3S. The van der Waals surface area contributed by atoms with Crippen molar-refractivity contribution in [2.45, 2.75) is 43.0 Å². The van der Waals surface area contributed by atoms with Gasteiger partial charge in [0.2, 0.25) is 15.9 Å². The monoisotopic (exact) mass is 528 g/mol. The van der Waals surface area contributed by atoms with E-state index in [2.05, 4.69) is 37.2 Å². The van der Waals surface area contributed by atoms with E-state index in [9.17, 15) is 13.2 Å². The van der Waals surface area contributed by atoms with Gasteiger partial charge in [-0.1, -0.05) is 57.2 Å². The molecule has 2 aromatic carbocycles. The smallest absolute Gasteiger partial charge is 0.243 e. The second-order valence-electron chi connectivity index (χ2n) is 6.85. The summed E-state index contributed by atoms with van der Waals surface area (Å²) in [5.74, 6) is -0.343. The molecule has 0 unspecified atom stereocenters. The minimum Gasteiger partial charge on any atom is -0.325 e. The van der Waals surface area contributed by atoms with Gasteiger partial charge >= 0.3 is 0 Å². The molecule has 3 rings (SSSR count). The van der Waals surface area contributed by atoms with Gasteiger partial charge in [-0.15, -0.1) is 0 Å². The van der Waals surface area contributed by atoms with Gasteiger partial charge in [0.1, 0.15) is 0 Å². The lowest BCUT2D eigenvalue weighted by atomic mass is 9.95. The zero-order chi connectivity index (χ0) is 20.1. The molecule has 28 heavy (non-hydrogen) atoms. The van der Waals surface area contributed by atoms with E-state index in [0.717, 1.165) is 41.0 Å². The van der Waals surface area contributed by atoms with E-state index in [1.807, 2.05) is 12.1 Å². The summed E-state index contributed by atoms with van der Waals surface area (Å²) >= 11 is 6.70. The summed E-state index contributed by atoms with van der Waals surface area (Å²) in [7, 11) is -3.77. The number of hydrogen-bond donors (Lipinski definition) is 1. The molecule has 2 aromatic rings. The van der Waals surface area contributed by atoms with Crippen LogP contribution in [0.3, 0.4) is 0 Å². The Bertz CT molecular complexity index is 927. The summed E-state index contributed by atoms with van der Waals surface area (Å²) < 4.78 is 29.6. The summed E-state index contributed by atoms with van der Waals surface area (Å²) in [5, 5.41) is 2.80. The summed E-state index contributed by atoms with van der Waals surface area (Å²) in [6.07, 6.45) is 4.61. The molecule has 1 saturated carbocycles. The van der Waals surface area contributed by atoms with Crippen LogP contribution in [0.15, 0.2) is 62.4 Å². The molecule has 1 amide bonds. The van der Waals surface area contributed by atoms with E-state index < -0.39 is 10.0 Å². The number of rotatable bonds is 6. The van der Waals surface area contributed by atoms with Gasteiger partial charge in [0.15, 0.2) is 0 Å². The second kappa shape index (κ2) is 9.52. The molecule has 1 aliphatic carbocycles. The van der Waals surface area contributed by atoms with Crippen LogP contribution in [0.1, 0.15) is 32.1 Å². The highest BCUT2D eigenvalue weighted by molar-refractivity contribution is 9.10. The van der Waals surface area contributed by atoms with Crippen molar-refractivity contribution >= 4 is 53.5 Å². The number of benzene rings is 2. The molecule has 5 nitrogen and oxygen atoms in total. The molecular weight excluding hydrogens is 508 g/mol. The molecule has 150 valence electrons. The Morgan fingerprint density at radius 1 is 1.00 bits per heavy atom. The van der Waals surface area contributed by atoms with Gasteiger partial charge in [-0.2, -0.15) is 4.31 Å². The van der Waals surface area contributed by atoms with Crippen LogP contribution in [-0.2, 0) is 14.8 Å². The van der Waals surface area contributed by atoms with Gasteiger partial charge in [0.05, 0.1) is 11.4 Å². The summed E-state index contributed by atoms with van der Waals surface area (Å²) in [6, 6.07) is 13.6. The molecule has 0 aliphatic heterocycles. The molecule has 0 heterocycles. The number of hydrogen-bond acceptors (Lipinski definition) is 3. The Morgan fingerprint density at radius 2 is 1.68 bits per heavy atom. The van der Waals surface area contributed by atoms with E-state index in [1.54, 1.807) is 36.4 Å². The minimum absolute atomic E-state index is 0.157. The van der Waals surface area contributed by atoms with Crippen molar-refractivity contribution in [3.63, 3.8) is 0 Å². The third-order valence-corrected chi connectivity index (χ3v) is 7.74. The molecule has 1 fully saturated rings. The minimum atomic E-state index is -3.77. The largest absolute Gasteiger partial charge is 0.325 e. The first kappa shape index (κ1) is 21.5. The number of carbonyl (C=O) groups is 1. The van der Waals surface area contributed by atoms with Crippen LogP contribution < -0.4 is 5.32 Å². The van der Waals surface area contributed by atoms with Gasteiger partial charge < -0.3 is 5.32 Å². The fourth-order valence-corrected chi connectivity index (χ4v) is 5.73. The van der Waals surface area contributed by atoms with Crippen LogP contribution in [0.4, 0.5) is 5.69 Å². The molecule has 0 atom stereocenters. The summed E-state index contributed by atoms with van der Waals surface area (Å²) in [5.41, 5.74) is 0.629. The highest BCUT2D eigenvalue weighted by Crippen LogP contribution is 2.28. The number of sulfonamides is 1. The van der Waals surface area contributed by atoms with Gasteiger partial charge in [-0.05, 0) is 55.3 Å². The molecule has 1 aliphatic rings. The van der Waals surface area contributed by atoms with Crippen molar-refractivity contribution in [2.75, 3.05) is 11.9 Å². The van der Waals surface area contributed by atoms with E-state index in [0.29, 0.717) is 5.69 Å². The van der Waals surface area contributed by atoms with Crippen molar-refractivity contribution < 1.29 is 13.2 Å². The van der Waals surface area contributed by atoms with Gasteiger partial charge in [0.25, 0.3) is 0 Å². The van der Waals surface area contributed by atoms with Gasteiger partial charge in [-0.3, -0.25) is 4.79 Å². The molecule has 1 N–H and O–H groups in total. The fourth-order valence-electron chi connectivity index (χ4n) is 3.43. The van der Waals surface area contributed by atoms with Gasteiger partial charge in [-0.25, -0.2) is 8.42 Å². The Hall–Kier alpha value is -1.22. The van der Waals surface area contributed by atoms with E-state index in [-0.39, 0.29) is 23.4 Å². The van der Waals surface area contributed by atoms with Gasteiger partial charge in [0, 0.05) is 20.7 Å². The summed E-state index contributed by atoms with van der Waals surface area (Å²) in [6.45, 7) is -0.199. The summed E-state index contributed by atoms with van der Waals surface area (Å²) in [4.78, 5) is 12.9. The normalized spacial score (nSPS) is 15.5. The van der Waals surface area contributed by atoms with Crippen LogP contribution in [0.25, 0.3) is 0 Å². The SMILES string of the molecule is O=C(CN(C1CCCCC1)S(=O)(=O)c1ccc(Br)cc1)Nc1cccc(Br)c1. The lowest BCUT2D eigenvalue weighted by Crippen LogP contribution is -2.45. The van der Waals surface area contributed by atoms with Crippen molar-refractivity contribution in [3.05, 3.63) is 57.5 Å². The third-order valence-electron chi connectivity index (χ3n) is 4.81. The number of anilines is 1. The van der Waals surface area contributed by atoms with Crippen molar-refractivity contribution in [1.82, 2.24) is 4.31 Å². The van der Waals surface area contributed by atoms with E-state index in [4.69, 9.17) is 0 Å². The first-order valence-corrected chi connectivity index (χ1v) is 12.2. The zero-order valence-corrected chi connectivity index (χ0v) is 19.3. The van der Waals surface area contributed by atoms with Crippen LogP contribution in [-0.4, -0.2) is 31.2 Å². The lowest BCUT2D eigenvalue weighted by Gasteiger charge is -2.33. The maximum Gasteiger partial charge on any atom is 0.243 e. The maximum atomic E-state index is 13.3. The van der Waals surface area contributed by atoms with E-state index in [1.165, 1.54) is 4.31 Å². The molecule has 0 spiro atoms. The van der Waals surface area contributed by atoms with Crippen molar-refractivity contribution in [2.24, 2.45) is 0 Å². The highest BCUT2D eigenvalue weighted by Gasteiger charge is 2.34. The standard InChI is InChI=1S/C20H22Br2N2O3S/c21-15-9-11-19(12-10-15)28(26,27)24(18-7-2-1-3-8-18)14-20(25)23-17-6-4-5-16(22)13-17/h4-6,9-13,18H,1-3,7-8,14H2,(H,23,25). The molecule has 0 aromatic heterocycles. The Balaban J connectivity index is 1.84. The molecule has 0 bridgehead atoms. The molecule has 0 radical (unpaired) electrons. The zero-order valence-electron chi connectivity index (χ0n) is 15.3. The maximum absolute atomic E-state index is 13.3. The number of halogens is 2. The average molecular weight is 530 g/mol. The fraction of sp³-hybridized carbons (Fsp3) is 0.350.